The Labute approximate surface area is 546 Å². The summed E-state index contributed by atoms with van der Waals surface area (Å²) in [5.41, 5.74) is 41.1. The summed E-state index contributed by atoms with van der Waals surface area (Å²) in [6.45, 7) is 2.75. The van der Waals surface area contributed by atoms with Gasteiger partial charge < -0.3 is 86.7 Å². The van der Waals surface area contributed by atoms with Gasteiger partial charge in [-0.2, -0.15) is 11.8 Å². The SMILES string of the molecule is CSCC[C@H](NC(=O)/C(C)=C/[C@@H]1CCCN1C(=O)[C@H](Cc1ccccc1)NC(=O)[C@H](Cc1ccccc1)NC(=O)[C@H](CCC(N)=O)NC(=O)[C@H](CCC(N)=O)NC(=O)[C@@H]1CCCN1C(=O)[C@H](CCCCN)NC(=O)[C@@H]1CCCN1C(=O)[C@@H](N)CCCN=C(N)N)C(N)=O. The first kappa shape index (κ1) is 75.1. The second kappa shape index (κ2) is 38.4. The Bertz CT molecular complexity index is 2970. The van der Waals surface area contributed by atoms with Gasteiger partial charge in [-0.1, -0.05) is 66.7 Å². The van der Waals surface area contributed by atoms with Crippen LogP contribution in [0, 0.1) is 0 Å². The van der Waals surface area contributed by atoms with Gasteiger partial charge in [0.1, 0.15) is 48.3 Å². The molecule has 0 spiro atoms. The van der Waals surface area contributed by atoms with Gasteiger partial charge in [0.05, 0.1) is 12.1 Å². The zero-order chi connectivity index (χ0) is 68.1. The molecule has 93 heavy (non-hydrogen) atoms. The van der Waals surface area contributed by atoms with Crippen molar-refractivity contribution in [3.63, 3.8) is 0 Å². The number of rotatable bonds is 38. The summed E-state index contributed by atoms with van der Waals surface area (Å²) in [6.07, 6.45) is 6.14. The van der Waals surface area contributed by atoms with Gasteiger partial charge in [-0.15, -0.1) is 0 Å². The smallest absolute Gasteiger partial charge is 0.247 e. The van der Waals surface area contributed by atoms with Crippen molar-refractivity contribution in [2.75, 3.05) is 44.7 Å². The Morgan fingerprint density at radius 2 is 1.03 bits per heavy atom. The van der Waals surface area contributed by atoms with E-state index in [4.69, 9.17) is 40.1 Å². The summed E-state index contributed by atoms with van der Waals surface area (Å²) in [5.74, 6) is -8.06. The largest absolute Gasteiger partial charge is 0.370 e. The third kappa shape index (κ3) is 24.1. The fraction of sp³-hybridized carbons (Fsp3) is 0.571. The molecule has 510 valence electrons. The van der Waals surface area contributed by atoms with Crippen LogP contribution in [-0.2, 0) is 70.4 Å². The van der Waals surface area contributed by atoms with E-state index < -0.39 is 151 Å². The number of nitrogens with one attached hydrogen (secondary N) is 6. The number of nitrogens with two attached hydrogens (primary N) is 7. The molecule has 2 aromatic carbocycles. The van der Waals surface area contributed by atoms with Crippen molar-refractivity contribution < 1.29 is 57.5 Å². The molecule has 3 aliphatic rings. The van der Waals surface area contributed by atoms with E-state index in [1.807, 2.05) is 6.26 Å². The van der Waals surface area contributed by atoms with Crippen molar-refractivity contribution in [2.45, 2.75) is 183 Å². The summed E-state index contributed by atoms with van der Waals surface area (Å²) in [4.78, 5) is 174. The molecule has 0 unspecified atom stereocenters. The van der Waals surface area contributed by atoms with E-state index in [1.165, 1.54) is 21.6 Å². The van der Waals surface area contributed by atoms with Crippen LogP contribution >= 0.6 is 11.8 Å². The van der Waals surface area contributed by atoms with Gasteiger partial charge >= 0.3 is 0 Å². The van der Waals surface area contributed by atoms with Crippen LogP contribution < -0.4 is 72.0 Å². The predicted molar refractivity (Wildman–Crippen MR) is 350 cm³/mol. The number of unbranched alkanes of at least 4 members (excludes halogenated alkanes) is 1. The number of benzene rings is 2. The molecule has 0 saturated carbocycles. The average molecular weight is 1310 g/mol. The number of primary amides is 3. The van der Waals surface area contributed by atoms with E-state index in [0.717, 1.165) is 0 Å². The molecule has 20 N–H and O–H groups in total. The Balaban J connectivity index is 1.36. The van der Waals surface area contributed by atoms with Gasteiger partial charge in [-0.3, -0.25) is 62.5 Å². The lowest BCUT2D eigenvalue weighted by molar-refractivity contribution is -0.144. The molecule has 0 aromatic heterocycles. The minimum Gasteiger partial charge on any atom is -0.370 e. The monoisotopic (exact) mass is 1310 g/mol. The van der Waals surface area contributed by atoms with E-state index in [1.54, 1.807) is 78.6 Å². The highest BCUT2D eigenvalue weighted by Crippen LogP contribution is 2.25. The molecule has 3 heterocycles. The summed E-state index contributed by atoms with van der Waals surface area (Å²) in [6, 6.07) is 6.05. The summed E-state index contributed by atoms with van der Waals surface area (Å²) in [7, 11) is 0. The third-order valence-electron chi connectivity index (χ3n) is 16.6. The number of carbonyl (C=O) groups excluding carboxylic acids is 12. The quantitative estimate of drug-likeness (QED) is 0.0144. The van der Waals surface area contributed by atoms with Gasteiger partial charge in [0, 0.05) is 57.4 Å². The van der Waals surface area contributed by atoms with Gasteiger partial charge in [0.25, 0.3) is 0 Å². The highest BCUT2D eigenvalue weighted by atomic mass is 32.2. The van der Waals surface area contributed by atoms with Crippen molar-refractivity contribution >= 4 is 88.6 Å². The number of amides is 12. The zero-order valence-corrected chi connectivity index (χ0v) is 54.0. The van der Waals surface area contributed by atoms with Gasteiger partial charge in [-0.25, -0.2) is 0 Å². The lowest BCUT2D eigenvalue weighted by atomic mass is 10.0. The number of hydrogen-bond donors (Lipinski definition) is 13. The molecular formula is C63H95N17O12S. The van der Waals surface area contributed by atoms with Crippen LogP contribution in [0.2, 0.25) is 0 Å². The minimum absolute atomic E-state index is 0.0120. The molecular weight excluding hydrogens is 1220 g/mol. The van der Waals surface area contributed by atoms with Crippen LogP contribution in [0.15, 0.2) is 77.3 Å². The van der Waals surface area contributed by atoms with Crippen molar-refractivity contribution in [2.24, 2.45) is 45.1 Å². The van der Waals surface area contributed by atoms with Crippen LogP contribution in [0.4, 0.5) is 0 Å². The Kier molecular flexibility index (Phi) is 31.0. The Hall–Kier alpha value is -8.64. The topological polar surface area (TPSA) is 481 Å². The lowest BCUT2D eigenvalue weighted by Crippen LogP contribution is -2.60. The second-order valence-electron chi connectivity index (χ2n) is 23.7. The number of thioether (sulfide) groups is 1. The molecule has 0 radical (unpaired) electrons. The van der Waals surface area contributed by atoms with Gasteiger partial charge in [0.15, 0.2) is 5.96 Å². The molecule has 2 aromatic rings. The maximum atomic E-state index is 14.9. The predicted octanol–water partition coefficient (Wildman–Crippen LogP) is -2.42. The zero-order valence-electron chi connectivity index (χ0n) is 53.2. The van der Waals surface area contributed by atoms with Crippen LogP contribution in [0.5, 0.6) is 0 Å². The molecule has 0 aliphatic carbocycles. The summed E-state index contributed by atoms with van der Waals surface area (Å²) in [5, 5.41) is 16.4. The van der Waals surface area contributed by atoms with Crippen LogP contribution in [0.3, 0.4) is 0 Å². The van der Waals surface area contributed by atoms with E-state index in [0.29, 0.717) is 81.2 Å². The first-order valence-electron chi connectivity index (χ1n) is 31.8. The van der Waals surface area contributed by atoms with Crippen LogP contribution in [0.1, 0.15) is 121 Å². The molecule has 0 bridgehead atoms. The highest BCUT2D eigenvalue weighted by Gasteiger charge is 2.43. The fourth-order valence-electron chi connectivity index (χ4n) is 11.6. The number of likely N-dealkylation sites (tertiary alicyclic amines) is 3. The van der Waals surface area contributed by atoms with Crippen molar-refractivity contribution in [3.05, 3.63) is 83.4 Å². The molecule has 29 nitrogen and oxygen atoms in total. The van der Waals surface area contributed by atoms with Crippen molar-refractivity contribution in [1.29, 1.82) is 0 Å². The van der Waals surface area contributed by atoms with Crippen molar-refractivity contribution in [3.8, 4) is 0 Å². The maximum absolute atomic E-state index is 14.9. The normalized spacial score (nSPS) is 18.5. The number of carbonyl (C=O) groups is 12. The molecule has 3 fully saturated rings. The first-order valence-corrected chi connectivity index (χ1v) is 33.2. The summed E-state index contributed by atoms with van der Waals surface area (Å²) < 4.78 is 0. The highest BCUT2D eigenvalue weighted by molar-refractivity contribution is 7.98. The molecule has 12 amide bonds. The number of guanidine groups is 1. The van der Waals surface area contributed by atoms with E-state index in [2.05, 4.69) is 36.9 Å². The number of aliphatic imine (C=N–C) groups is 1. The Morgan fingerprint density at radius 1 is 0.548 bits per heavy atom. The Morgan fingerprint density at radius 3 is 1.57 bits per heavy atom. The molecule has 10 atom stereocenters. The third-order valence-corrected chi connectivity index (χ3v) is 17.2. The van der Waals surface area contributed by atoms with Gasteiger partial charge in [-0.05, 0) is 126 Å². The second-order valence-corrected chi connectivity index (χ2v) is 24.7. The van der Waals surface area contributed by atoms with E-state index >= 15 is 0 Å². The van der Waals surface area contributed by atoms with E-state index in [9.17, 15) is 57.5 Å². The number of hydrogen-bond acceptors (Lipinski definition) is 16. The summed E-state index contributed by atoms with van der Waals surface area (Å²) >= 11 is 1.49. The molecule has 3 saturated heterocycles. The minimum atomic E-state index is -1.60. The number of nitrogens with zero attached hydrogens (tertiary/aromatic N) is 4. The standard InChI is InChI=1S/C63H95N17O12S/c1-38(54(84)72-43(53(68)83)28-34-93-2)35-41-19-12-31-78(41)62(92)48(37-40-17-7-4-8-18-40)77-57(87)47(36-39-15-5-3-6-16-39)76-56(86)44(24-26-51(66)81)73-55(85)45(25-27-52(67)82)74-58(88)50-23-14-33-80(50)61(91)46(21-9-10-29-64)75-59(89)49-22-13-32-79(49)60(90)42(65)20-11-30-71-63(69)70/h3-8,15-18,35,41-50H,9-14,19-34,36-37,64-65H2,1-2H3,(H2,66,81)(H2,67,82)(H2,68,83)(H,72,84)(H,73,85)(H,74,88)(H,75,89)(H,76,86)(H,77,87)(H4,69,70,71)/b38-35+/t41-,42-,43-,44-,45-,46-,47-,48-,49-,50-/m0/s1. The van der Waals surface area contributed by atoms with E-state index in [-0.39, 0.29) is 76.2 Å². The van der Waals surface area contributed by atoms with Crippen LogP contribution in [0.25, 0.3) is 0 Å². The van der Waals surface area contributed by atoms with Crippen molar-refractivity contribution in [1.82, 2.24) is 46.6 Å². The fourth-order valence-corrected chi connectivity index (χ4v) is 12.1. The lowest BCUT2D eigenvalue weighted by Gasteiger charge is -2.32. The molecule has 30 heteroatoms. The van der Waals surface area contributed by atoms with Crippen LogP contribution in [-0.4, -0.2) is 197 Å². The van der Waals surface area contributed by atoms with Gasteiger partial charge in [0.2, 0.25) is 70.9 Å². The molecule has 5 rings (SSSR count). The average Bonchev–Trinajstić information content (AvgIpc) is 1.79. The maximum Gasteiger partial charge on any atom is 0.247 e. The molecule has 3 aliphatic heterocycles. The first-order chi connectivity index (χ1) is 44.4.